The molecule has 1 atom stereocenters. The largest absolute Gasteiger partial charge is 0.380 e. The second kappa shape index (κ2) is 5.71. The fraction of sp³-hybridized carbons (Fsp3) is 0.583. The van der Waals surface area contributed by atoms with Crippen molar-refractivity contribution in [1.29, 1.82) is 0 Å². The summed E-state index contributed by atoms with van der Waals surface area (Å²) in [7, 11) is 1.64. The van der Waals surface area contributed by atoms with E-state index in [0.29, 0.717) is 24.5 Å². The van der Waals surface area contributed by atoms with Crippen LogP contribution in [0.25, 0.3) is 0 Å². The first kappa shape index (κ1) is 14.0. The lowest BCUT2D eigenvalue weighted by Crippen LogP contribution is -2.43. The first-order valence-corrected chi connectivity index (χ1v) is 6.57. The predicted molar refractivity (Wildman–Crippen MR) is 73.7 cm³/mol. The van der Waals surface area contributed by atoms with Gasteiger partial charge in [-0.05, 0) is 24.9 Å². The van der Waals surface area contributed by atoms with Crippen LogP contribution < -0.4 is 10.2 Å². The van der Waals surface area contributed by atoms with Crippen molar-refractivity contribution in [1.82, 2.24) is 9.97 Å². The number of ether oxygens (including phenoxy) is 1. The number of nitrogens with one attached hydrogen (secondary N) is 1. The average Bonchev–Trinajstić information content (AvgIpc) is 2.38. The molecule has 0 radical (unpaired) electrons. The number of amides is 1. The number of hydrogen-bond acceptors (Lipinski definition) is 5. The molecule has 0 aliphatic carbocycles. The summed E-state index contributed by atoms with van der Waals surface area (Å²) in [5.74, 6) is 0.594. The lowest BCUT2D eigenvalue weighted by molar-refractivity contribution is -0.115. The van der Waals surface area contributed by atoms with E-state index in [4.69, 9.17) is 16.3 Å². The van der Waals surface area contributed by atoms with Gasteiger partial charge in [-0.3, -0.25) is 4.79 Å². The molecule has 1 aromatic rings. The van der Waals surface area contributed by atoms with Crippen molar-refractivity contribution in [2.24, 2.45) is 0 Å². The number of carbonyl (C=O) groups excluding carboxylic acids is 1. The quantitative estimate of drug-likeness (QED) is 0.849. The van der Waals surface area contributed by atoms with E-state index in [-0.39, 0.29) is 23.8 Å². The highest BCUT2D eigenvalue weighted by Crippen LogP contribution is 2.31. The number of fused-ring (bicyclic) bond motifs is 1. The number of hydrogen-bond donors (Lipinski definition) is 1. The molecular formula is C12H17ClN4O2. The van der Waals surface area contributed by atoms with Gasteiger partial charge in [0.05, 0.1) is 18.3 Å². The van der Waals surface area contributed by atoms with Gasteiger partial charge in [0, 0.05) is 13.7 Å². The summed E-state index contributed by atoms with van der Waals surface area (Å²) >= 11 is 5.94. The maximum Gasteiger partial charge on any atom is 0.244 e. The van der Waals surface area contributed by atoms with E-state index in [2.05, 4.69) is 15.3 Å². The minimum atomic E-state index is -0.0728. The smallest absolute Gasteiger partial charge is 0.244 e. The molecule has 6 nitrogen and oxygen atoms in total. The standard InChI is InChI=1S/C12H17ClN4O2/c1-4-8-10-11(16-12(13)14-8)17(5-7(2)19-3)6-9(18)15-10/h7H,4-6H2,1-3H3,(H,15,18). The fourth-order valence-corrected chi connectivity index (χ4v) is 2.22. The van der Waals surface area contributed by atoms with Gasteiger partial charge >= 0.3 is 0 Å². The summed E-state index contributed by atoms with van der Waals surface area (Å²) < 4.78 is 5.24. The van der Waals surface area contributed by atoms with Crippen LogP contribution in [0.15, 0.2) is 0 Å². The molecule has 0 saturated carbocycles. The lowest BCUT2D eigenvalue weighted by atomic mass is 10.2. The molecule has 1 aliphatic heterocycles. The first-order chi connectivity index (χ1) is 9.05. The summed E-state index contributed by atoms with van der Waals surface area (Å²) in [6.45, 7) is 4.72. The van der Waals surface area contributed by atoms with Crippen molar-refractivity contribution in [3.8, 4) is 0 Å². The van der Waals surface area contributed by atoms with Crippen LogP contribution in [0.5, 0.6) is 0 Å². The van der Waals surface area contributed by atoms with Gasteiger partial charge in [-0.2, -0.15) is 4.98 Å². The Morgan fingerprint density at radius 3 is 2.89 bits per heavy atom. The van der Waals surface area contributed by atoms with Crippen molar-refractivity contribution in [2.75, 3.05) is 30.4 Å². The molecular weight excluding hydrogens is 268 g/mol. The Labute approximate surface area is 117 Å². The second-order valence-corrected chi connectivity index (χ2v) is 4.80. The van der Waals surface area contributed by atoms with Gasteiger partial charge < -0.3 is 15.0 Å². The monoisotopic (exact) mass is 284 g/mol. The molecule has 0 spiro atoms. The van der Waals surface area contributed by atoms with Gasteiger partial charge in [-0.1, -0.05) is 6.92 Å². The molecule has 0 bridgehead atoms. The third kappa shape index (κ3) is 2.96. The normalized spacial score (nSPS) is 16.0. The minimum absolute atomic E-state index is 0.00225. The van der Waals surface area contributed by atoms with E-state index in [1.54, 1.807) is 7.11 Å². The third-order valence-electron chi connectivity index (χ3n) is 3.05. The van der Waals surface area contributed by atoms with E-state index in [1.165, 1.54) is 0 Å². The number of methoxy groups -OCH3 is 1. The van der Waals surface area contributed by atoms with Crippen LogP contribution in [0.3, 0.4) is 0 Å². The zero-order chi connectivity index (χ0) is 14.0. The van der Waals surface area contributed by atoms with Crippen molar-refractivity contribution >= 4 is 29.0 Å². The molecule has 0 fully saturated rings. The summed E-state index contributed by atoms with van der Waals surface area (Å²) in [6.07, 6.45) is 0.677. The van der Waals surface area contributed by atoms with Crippen molar-refractivity contribution in [2.45, 2.75) is 26.4 Å². The molecule has 0 aromatic carbocycles. The van der Waals surface area contributed by atoms with Gasteiger partial charge in [0.25, 0.3) is 0 Å². The first-order valence-electron chi connectivity index (χ1n) is 6.19. The second-order valence-electron chi connectivity index (χ2n) is 4.47. The highest BCUT2D eigenvalue weighted by atomic mass is 35.5. The SMILES string of the molecule is CCc1nc(Cl)nc2c1NC(=O)CN2CC(C)OC. The van der Waals surface area contributed by atoms with E-state index in [0.717, 1.165) is 5.69 Å². The van der Waals surface area contributed by atoms with Gasteiger partial charge in [-0.15, -0.1) is 0 Å². The number of aryl methyl sites for hydroxylation is 1. The summed E-state index contributed by atoms with van der Waals surface area (Å²) in [4.78, 5) is 22.0. The number of halogens is 1. The van der Waals surface area contributed by atoms with E-state index < -0.39 is 0 Å². The van der Waals surface area contributed by atoms with E-state index in [9.17, 15) is 4.79 Å². The Morgan fingerprint density at radius 1 is 1.53 bits per heavy atom. The highest BCUT2D eigenvalue weighted by Gasteiger charge is 2.27. The molecule has 1 aromatic heterocycles. The zero-order valence-electron chi connectivity index (χ0n) is 11.2. The molecule has 2 rings (SSSR count). The minimum Gasteiger partial charge on any atom is -0.380 e. The fourth-order valence-electron chi connectivity index (χ4n) is 2.04. The van der Waals surface area contributed by atoms with Crippen LogP contribution in [-0.2, 0) is 16.0 Å². The van der Waals surface area contributed by atoms with Crippen LogP contribution in [0.2, 0.25) is 5.28 Å². The maximum absolute atomic E-state index is 11.8. The Morgan fingerprint density at radius 2 is 2.26 bits per heavy atom. The van der Waals surface area contributed by atoms with Crippen LogP contribution in [0.1, 0.15) is 19.5 Å². The summed E-state index contributed by atoms with van der Waals surface area (Å²) in [5, 5.41) is 3.02. The molecule has 1 N–H and O–H groups in total. The topological polar surface area (TPSA) is 67.4 Å². The van der Waals surface area contributed by atoms with Crippen molar-refractivity contribution in [3.63, 3.8) is 0 Å². The average molecular weight is 285 g/mol. The van der Waals surface area contributed by atoms with Crippen molar-refractivity contribution in [3.05, 3.63) is 11.0 Å². The molecule has 19 heavy (non-hydrogen) atoms. The number of rotatable bonds is 4. The Balaban J connectivity index is 2.41. The molecule has 104 valence electrons. The van der Waals surface area contributed by atoms with Gasteiger partial charge in [-0.25, -0.2) is 4.98 Å². The number of aromatic nitrogens is 2. The number of nitrogens with zero attached hydrogens (tertiary/aromatic N) is 3. The lowest BCUT2D eigenvalue weighted by Gasteiger charge is -2.32. The molecule has 1 unspecified atom stereocenters. The summed E-state index contributed by atoms with van der Waals surface area (Å²) in [5.41, 5.74) is 1.41. The van der Waals surface area contributed by atoms with Gasteiger partial charge in [0.15, 0.2) is 5.82 Å². The molecule has 0 saturated heterocycles. The van der Waals surface area contributed by atoms with Crippen LogP contribution in [0.4, 0.5) is 11.5 Å². The zero-order valence-corrected chi connectivity index (χ0v) is 12.0. The van der Waals surface area contributed by atoms with Crippen LogP contribution in [0, 0.1) is 0 Å². The molecule has 7 heteroatoms. The predicted octanol–water partition coefficient (Wildman–Crippen LogP) is 1.49. The van der Waals surface area contributed by atoms with Crippen LogP contribution in [-0.4, -0.2) is 42.2 Å². The molecule has 2 heterocycles. The van der Waals surface area contributed by atoms with Gasteiger partial charge in [0.2, 0.25) is 11.2 Å². The number of anilines is 2. The number of carbonyl (C=O) groups is 1. The van der Waals surface area contributed by atoms with E-state index in [1.807, 2.05) is 18.7 Å². The molecule has 1 aliphatic rings. The Hall–Kier alpha value is -1.40. The Bertz CT molecular complexity index is 495. The maximum atomic E-state index is 11.8. The van der Waals surface area contributed by atoms with Crippen LogP contribution >= 0.6 is 11.6 Å². The molecule has 1 amide bonds. The highest BCUT2D eigenvalue weighted by molar-refractivity contribution is 6.28. The third-order valence-corrected chi connectivity index (χ3v) is 3.22. The van der Waals surface area contributed by atoms with Crippen molar-refractivity contribution < 1.29 is 9.53 Å². The summed E-state index contributed by atoms with van der Waals surface area (Å²) in [6, 6.07) is 0. The van der Waals surface area contributed by atoms with Gasteiger partial charge in [0.1, 0.15) is 5.69 Å². The van der Waals surface area contributed by atoms with E-state index >= 15 is 0 Å². The Kier molecular flexibility index (Phi) is 4.21.